The summed E-state index contributed by atoms with van der Waals surface area (Å²) >= 11 is 1.30. The number of hydrogen-bond acceptors (Lipinski definition) is 6. The monoisotopic (exact) mass is 285 g/mol. The summed E-state index contributed by atoms with van der Waals surface area (Å²) in [6.07, 6.45) is 2.57. The van der Waals surface area contributed by atoms with Crippen LogP contribution in [0.1, 0.15) is 19.2 Å². The number of carbonyl (C=O) groups excluding carboxylic acids is 1. The van der Waals surface area contributed by atoms with Gasteiger partial charge >= 0.3 is 5.97 Å². The maximum atomic E-state index is 11.4. The van der Waals surface area contributed by atoms with Crippen molar-refractivity contribution in [2.75, 3.05) is 19.5 Å². The average Bonchev–Trinajstić information content (AvgIpc) is 2.78. The quantitative estimate of drug-likeness (QED) is 0.390. The van der Waals surface area contributed by atoms with Crippen LogP contribution < -0.4 is 0 Å². The van der Waals surface area contributed by atoms with Crippen LogP contribution in [-0.4, -0.2) is 40.2 Å². The van der Waals surface area contributed by atoms with E-state index in [9.17, 15) is 4.79 Å². The molecule has 0 aliphatic rings. The van der Waals surface area contributed by atoms with E-state index in [0.717, 1.165) is 6.42 Å². The minimum Gasteiger partial charge on any atom is -0.465 e. The number of hydrogen-bond donors (Lipinski definition) is 0. The lowest BCUT2D eigenvalue weighted by atomic mass is 10.5. The number of rotatable bonds is 9. The molecule has 0 bridgehead atoms. The molecule has 0 aliphatic carbocycles. The molecule has 1 rings (SSSR count). The lowest BCUT2D eigenvalue weighted by Gasteiger charge is -2.06. The lowest BCUT2D eigenvalue weighted by molar-refractivity contribution is -0.140. The molecule has 19 heavy (non-hydrogen) atoms. The minimum atomic E-state index is -0.242. The van der Waals surface area contributed by atoms with Crippen molar-refractivity contribution in [2.45, 2.75) is 31.7 Å². The summed E-state index contributed by atoms with van der Waals surface area (Å²) in [5, 5.41) is 8.74. The van der Waals surface area contributed by atoms with Gasteiger partial charge in [-0.1, -0.05) is 24.8 Å². The number of carbonyl (C=O) groups is 1. The first-order chi connectivity index (χ1) is 9.22. The smallest absolute Gasteiger partial charge is 0.316 e. The van der Waals surface area contributed by atoms with Crippen LogP contribution >= 0.6 is 11.8 Å². The topological polar surface area (TPSA) is 66.2 Å². The summed E-state index contributed by atoms with van der Waals surface area (Å²) in [4.78, 5) is 11.4. The standard InChI is InChI=1S/C12H19N3O3S/c1-4-6-15-10(8-17-3)13-14-12(15)19-9-11(16)18-7-5-2/h4H,1,5-9H2,2-3H3. The third kappa shape index (κ3) is 5.04. The molecule has 0 aromatic carbocycles. The number of aromatic nitrogens is 3. The fourth-order valence-corrected chi connectivity index (χ4v) is 2.12. The minimum absolute atomic E-state index is 0.224. The summed E-state index contributed by atoms with van der Waals surface area (Å²) in [6, 6.07) is 0. The van der Waals surface area contributed by atoms with Gasteiger partial charge in [-0.2, -0.15) is 0 Å². The van der Waals surface area contributed by atoms with E-state index in [0.29, 0.717) is 30.7 Å². The van der Waals surface area contributed by atoms with Gasteiger partial charge in [0.05, 0.1) is 12.4 Å². The van der Waals surface area contributed by atoms with Crippen LogP contribution in [0.4, 0.5) is 0 Å². The van der Waals surface area contributed by atoms with Crippen LogP contribution in [-0.2, 0) is 27.4 Å². The largest absolute Gasteiger partial charge is 0.465 e. The first kappa shape index (κ1) is 15.7. The highest BCUT2D eigenvalue weighted by molar-refractivity contribution is 7.99. The van der Waals surface area contributed by atoms with Crippen molar-refractivity contribution >= 4 is 17.7 Å². The fourth-order valence-electron chi connectivity index (χ4n) is 1.36. The molecular weight excluding hydrogens is 266 g/mol. The second kappa shape index (κ2) is 8.71. The van der Waals surface area contributed by atoms with Gasteiger partial charge < -0.3 is 14.0 Å². The van der Waals surface area contributed by atoms with Crippen molar-refractivity contribution in [2.24, 2.45) is 0 Å². The third-order valence-corrected chi connectivity index (χ3v) is 3.11. The summed E-state index contributed by atoms with van der Waals surface area (Å²) < 4.78 is 11.9. The Labute approximate surface area is 117 Å². The van der Waals surface area contributed by atoms with Crippen molar-refractivity contribution in [3.63, 3.8) is 0 Å². The van der Waals surface area contributed by atoms with E-state index in [1.54, 1.807) is 13.2 Å². The molecule has 6 nitrogen and oxygen atoms in total. The van der Waals surface area contributed by atoms with Crippen LogP contribution in [0.25, 0.3) is 0 Å². The van der Waals surface area contributed by atoms with Crippen LogP contribution in [0.2, 0.25) is 0 Å². The van der Waals surface area contributed by atoms with Crippen LogP contribution in [0.3, 0.4) is 0 Å². The molecule has 0 radical (unpaired) electrons. The Kier molecular flexibility index (Phi) is 7.20. The second-order valence-corrected chi connectivity index (χ2v) is 4.68. The molecule has 1 aromatic heterocycles. The zero-order valence-electron chi connectivity index (χ0n) is 11.3. The normalized spacial score (nSPS) is 10.4. The van der Waals surface area contributed by atoms with E-state index in [-0.39, 0.29) is 11.7 Å². The number of nitrogens with zero attached hydrogens (tertiary/aromatic N) is 3. The van der Waals surface area contributed by atoms with Gasteiger partial charge in [0, 0.05) is 13.7 Å². The van der Waals surface area contributed by atoms with Crippen molar-refractivity contribution in [1.82, 2.24) is 14.8 Å². The van der Waals surface area contributed by atoms with Crippen LogP contribution in [0, 0.1) is 0 Å². The summed E-state index contributed by atoms with van der Waals surface area (Å²) in [6.45, 7) is 7.06. The van der Waals surface area contributed by atoms with Gasteiger partial charge in [-0.05, 0) is 6.42 Å². The van der Waals surface area contributed by atoms with E-state index < -0.39 is 0 Å². The maximum Gasteiger partial charge on any atom is 0.316 e. The highest BCUT2D eigenvalue weighted by Crippen LogP contribution is 2.17. The van der Waals surface area contributed by atoms with Gasteiger partial charge in [-0.25, -0.2) is 0 Å². The SMILES string of the molecule is C=CCn1c(COC)nnc1SCC(=O)OCCC. The highest BCUT2D eigenvalue weighted by Gasteiger charge is 2.13. The molecule has 1 aromatic rings. The molecule has 106 valence electrons. The van der Waals surface area contributed by atoms with Crippen LogP contribution in [0.5, 0.6) is 0 Å². The van der Waals surface area contributed by atoms with Crippen molar-refractivity contribution in [3.05, 3.63) is 18.5 Å². The number of esters is 1. The number of methoxy groups -OCH3 is 1. The maximum absolute atomic E-state index is 11.4. The Balaban J connectivity index is 2.61. The Morgan fingerprint density at radius 2 is 2.32 bits per heavy atom. The Bertz CT molecular complexity index is 420. The number of ether oxygens (including phenoxy) is 2. The van der Waals surface area contributed by atoms with Gasteiger partial charge in [-0.15, -0.1) is 16.8 Å². The average molecular weight is 285 g/mol. The molecule has 0 aliphatic heterocycles. The van der Waals surface area contributed by atoms with Gasteiger partial charge in [0.15, 0.2) is 11.0 Å². The lowest BCUT2D eigenvalue weighted by Crippen LogP contribution is -2.10. The molecule has 0 saturated heterocycles. The summed E-state index contributed by atoms with van der Waals surface area (Å²) in [5.74, 6) is 0.697. The van der Waals surface area contributed by atoms with E-state index in [1.165, 1.54) is 11.8 Å². The zero-order chi connectivity index (χ0) is 14.1. The number of thioether (sulfide) groups is 1. The second-order valence-electron chi connectivity index (χ2n) is 3.74. The molecule has 0 amide bonds. The third-order valence-electron chi connectivity index (χ3n) is 2.16. The van der Waals surface area contributed by atoms with Crippen LogP contribution in [0.15, 0.2) is 17.8 Å². The molecular formula is C12H19N3O3S. The summed E-state index contributed by atoms with van der Waals surface area (Å²) in [7, 11) is 1.60. The first-order valence-corrected chi connectivity index (χ1v) is 7.01. The molecule has 1 heterocycles. The van der Waals surface area contributed by atoms with Gasteiger partial charge in [-0.3, -0.25) is 4.79 Å². The highest BCUT2D eigenvalue weighted by atomic mass is 32.2. The molecule has 0 saturated carbocycles. The number of allylic oxidation sites excluding steroid dienone is 1. The van der Waals surface area contributed by atoms with E-state index in [4.69, 9.17) is 9.47 Å². The molecule has 0 atom stereocenters. The molecule has 7 heteroatoms. The first-order valence-electron chi connectivity index (χ1n) is 6.03. The molecule has 0 spiro atoms. The summed E-state index contributed by atoms with van der Waals surface area (Å²) in [5.41, 5.74) is 0. The van der Waals surface area contributed by atoms with E-state index in [1.807, 2.05) is 11.5 Å². The Morgan fingerprint density at radius 3 is 2.95 bits per heavy atom. The Morgan fingerprint density at radius 1 is 1.53 bits per heavy atom. The van der Waals surface area contributed by atoms with Crippen molar-refractivity contribution < 1.29 is 14.3 Å². The fraction of sp³-hybridized carbons (Fsp3) is 0.583. The predicted octanol–water partition coefficient (Wildman–Crippen LogP) is 1.66. The molecule has 0 N–H and O–H groups in total. The zero-order valence-corrected chi connectivity index (χ0v) is 12.1. The van der Waals surface area contributed by atoms with Gasteiger partial charge in [0.25, 0.3) is 0 Å². The van der Waals surface area contributed by atoms with E-state index >= 15 is 0 Å². The molecule has 0 unspecified atom stereocenters. The van der Waals surface area contributed by atoms with E-state index in [2.05, 4.69) is 16.8 Å². The Hall–Kier alpha value is -1.34. The van der Waals surface area contributed by atoms with Gasteiger partial charge in [0.1, 0.15) is 6.61 Å². The van der Waals surface area contributed by atoms with Crippen molar-refractivity contribution in [3.8, 4) is 0 Å². The van der Waals surface area contributed by atoms with Gasteiger partial charge in [0.2, 0.25) is 0 Å². The predicted molar refractivity (Wildman–Crippen MR) is 72.9 cm³/mol. The van der Waals surface area contributed by atoms with Crippen molar-refractivity contribution in [1.29, 1.82) is 0 Å². The molecule has 0 fully saturated rings.